The van der Waals surface area contributed by atoms with Crippen LogP contribution in [0.2, 0.25) is 0 Å². The fourth-order valence-corrected chi connectivity index (χ4v) is 0.822. The van der Waals surface area contributed by atoms with Gasteiger partial charge in [-0.05, 0) is 12.8 Å². The molecule has 0 aliphatic heterocycles. The van der Waals surface area contributed by atoms with Gasteiger partial charge >= 0.3 is 0 Å². The molecule has 66 valence electrons. The third-order valence-electron chi connectivity index (χ3n) is 1.81. The lowest BCUT2D eigenvalue weighted by molar-refractivity contribution is 0.507. The molecule has 1 aliphatic rings. The molecule has 4 nitrogen and oxygen atoms in total. The molecule has 0 radical (unpaired) electrons. The summed E-state index contributed by atoms with van der Waals surface area (Å²) < 4.78 is 0. The predicted molar refractivity (Wildman–Crippen MR) is 47.5 cm³/mol. The van der Waals surface area contributed by atoms with E-state index in [1.54, 1.807) is 0 Å². The molecule has 1 rings (SSSR count). The Balaban J connectivity index is 2.29. The summed E-state index contributed by atoms with van der Waals surface area (Å²) >= 11 is 0. The molecule has 0 heterocycles. The van der Waals surface area contributed by atoms with E-state index >= 15 is 0 Å². The molecule has 0 amide bonds. The third-order valence-corrected chi connectivity index (χ3v) is 1.81. The monoisotopic (exact) mass is 166 g/mol. The molecule has 0 aromatic heterocycles. The van der Waals surface area contributed by atoms with Gasteiger partial charge in [-0.15, -0.1) is 0 Å². The zero-order valence-electron chi connectivity index (χ0n) is 7.32. The number of aliphatic imine (C=N–C) groups is 1. The molecule has 0 bridgehead atoms. The van der Waals surface area contributed by atoms with Crippen LogP contribution in [0.25, 0.3) is 0 Å². The van der Waals surface area contributed by atoms with Crippen LogP contribution >= 0.6 is 0 Å². The summed E-state index contributed by atoms with van der Waals surface area (Å²) in [5.74, 6) is 0.563. The maximum absolute atomic E-state index is 8.33. The lowest BCUT2D eigenvalue weighted by Crippen LogP contribution is -2.34. The molecule has 1 saturated carbocycles. The van der Waals surface area contributed by atoms with Gasteiger partial charge in [-0.3, -0.25) is 0 Å². The fraction of sp³-hybridized carbons (Fsp3) is 0.750. The van der Waals surface area contributed by atoms with Crippen LogP contribution in [-0.4, -0.2) is 30.5 Å². The van der Waals surface area contributed by atoms with Crippen LogP contribution in [0.5, 0.6) is 0 Å². The summed E-state index contributed by atoms with van der Waals surface area (Å²) in [5.41, 5.74) is 5.67. The minimum Gasteiger partial charge on any atom is -0.370 e. The summed E-state index contributed by atoms with van der Waals surface area (Å²) in [7, 11) is 1.86. The average Bonchev–Trinajstić information content (AvgIpc) is 2.83. The van der Waals surface area contributed by atoms with E-state index in [-0.39, 0.29) is 0 Å². The number of nitrogens with two attached hydrogens (primary N) is 1. The molecule has 0 saturated heterocycles. The highest BCUT2D eigenvalue weighted by Gasteiger charge is 2.21. The van der Waals surface area contributed by atoms with Crippen molar-refractivity contribution in [3.63, 3.8) is 0 Å². The number of guanidine groups is 1. The van der Waals surface area contributed by atoms with Crippen LogP contribution in [0.4, 0.5) is 0 Å². The van der Waals surface area contributed by atoms with Gasteiger partial charge in [0.1, 0.15) is 0 Å². The second kappa shape index (κ2) is 3.96. The first kappa shape index (κ1) is 8.85. The maximum Gasteiger partial charge on any atom is 0.191 e. The Kier molecular flexibility index (Phi) is 2.92. The van der Waals surface area contributed by atoms with Crippen LogP contribution in [0.3, 0.4) is 0 Å². The van der Waals surface area contributed by atoms with Crippen molar-refractivity contribution in [2.24, 2.45) is 10.7 Å². The number of nitrogens with zero attached hydrogens (tertiary/aromatic N) is 3. The van der Waals surface area contributed by atoms with E-state index < -0.39 is 0 Å². The lowest BCUT2D eigenvalue weighted by atomic mass is 10.4. The van der Waals surface area contributed by atoms with Gasteiger partial charge in [-0.25, -0.2) is 4.99 Å². The Labute approximate surface area is 72.7 Å². The second-order valence-electron chi connectivity index (χ2n) is 3.05. The fourth-order valence-electron chi connectivity index (χ4n) is 0.822. The van der Waals surface area contributed by atoms with E-state index in [1.165, 1.54) is 0 Å². The van der Waals surface area contributed by atoms with E-state index in [0.29, 0.717) is 25.0 Å². The molecular weight excluding hydrogens is 152 g/mol. The topological polar surface area (TPSA) is 65.4 Å². The number of hydrogen-bond donors (Lipinski definition) is 1. The minimum atomic E-state index is 0.453. The van der Waals surface area contributed by atoms with E-state index in [4.69, 9.17) is 11.0 Å². The Morgan fingerprint density at radius 3 is 2.92 bits per heavy atom. The van der Waals surface area contributed by atoms with Crippen molar-refractivity contribution in [1.29, 1.82) is 5.26 Å². The van der Waals surface area contributed by atoms with Gasteiger partial charge in [0.25, 0.3) is 0 Å². The molecule has 2 N–H and O–H groups in total. The van der Waals surface area contributed by atoms with Gasteiger partial charge in [-0.1, -0.05) is 0 Å². The van der Waals surface area contributed by atoms with Gasteiger partial charge < -0.3 is 10.6 Å². The van der Waals surface area contributed by atoms with E-state index in [0.717, 1.165) is 12.8 Å². The molecule has 0 aromatic carbocycles. The zero-order chi connectivity index (χ0) is 8.97. The van der Waals surface area contributed by atoms with Crippen molar-refractivity contribution in [1.82, 2.24) is 4.90 Å². The highest BCUT2D eigenvalue weighted by Crippen LogP contribution is 2.23. The summed E-state index contributed by atoms with van der Waals surface area (Å²) in [6.07, 6.45) is 2.82. The van der Waals surface area contributed by atoms with Crippen LogP contribution < -0.4 is 5.73 Å². The Hall–Kier alpha value is -1.24. The lowest BCUT2D eigenvalue weighted by Gasteiger charge is -2.15. The highest BCUT2D eigenvalue weighted by molar-refractivity contribution is 5.78. The SMILES string of the molecule is CN(CCC#N)C(N)=NC1CC1. The second-order valence-corrected chi connectivity index (χ2v) is 3.05. The van der Waals surface area contributed by atoms with Crippen LogP contribution in [0, 0.1) is 11.3 Å². The summed E-state index contributed by atoms with van der Waals surface area (Å²) in [6, 6.07) is 2.52. The van der Waals surface area contributed by atoms with E-state index in [1.807, 2.05) is 11.9 Å². The van der Waals surface area contributed by atoms with E-state index in [9.17, 15) is 0 Å². The molecule has 12 heavy (non-hydrogen) atoms. The molecule has 0 spiro atoms. The summed E-state index contributed by atoms with van der Waals surface area (Å²) in [4.78, 5) is 6.07. The van der Waals surface area contributed by atoms with Crippen LogP contribution in [0.1, 0.15) is 19.3 Å². The van der Waals surface area contributed by atoms with Crippen molar-refractivity contribution in [2.75, 3.05) is 13.6 Å². The number of rotatable bonds is 3. The van der Waals surface area contributed by atoms with Gasteiger partial charge in [0.2, 0.25) is 0 Å². The molecule has 0 atom stereocenters. The van der Waals surface area contributed by atoms with Gasteiger partial charge in [0.05, 0.1) is 18.5 Å². The zero-order valence-corrected chi connectivity index (χ0v) is 7.32. The summed E-state index contributed by atoms with van der Waals surface area (Å²) in [5, 5.41) is 8.33. The molecule has 4 heteroatoms. The van der Waals surface area contributed by atoms with Crippen molar-refractivity contribution >= 4 is 5.96 Å². The summed E-state index contributed by atoms with van der Waals surface area (Å²) in [6.45, 7) is 0.665. The van der Waals surface area contributed by atoms with Gasteiger partial charge in [0, 0.05) is 13.6 Å². The highest BCUT2D eigenvalue weighted by atomic mass is 15.2. The Morgan fingerprint density at radius 1 is 1.75 bits per heavy atom. The number of nitriles is 1. The molecule has 0 aromatic rings. The molecule has 1 aliphatic carbocycles. The van der Waals surface area contributed by atoms with Gasteiger partial charge in [-0.2, -0.15) is 5.26 Å². The van der Waals surface area contributed by atoms with Crippen molar-refractivity contribution < 1.29 is 0 Å². The first-order chi connectivity index (χ1) is 5.74. The quantitative estimate of drug-likeness (QED) is 0.484. The van der Waals surface area contributed by atoms with E-state index in [2.05, 4.69) is 11.1 Å². The normalized spacial score (nSPS) is 17.2. The first-order valence-electron chi connectivity index (χ1n) is 4.15. The first-order valence-corrected chi connectivity index (χ1v) is 4.15. The Morgan fingerprint density at radius 2 is 2.42 bits per heavy atom. The van der Waals surface area contributed by atoms with Crippen LogP contribution in [-0.2, 0) is 0 Å². The van der Waals surface area contributed by atoms with Crippen molar-refractivity contribution in [2.45, 2.75) is 25.3 Å². The molecule has 1 fully saturated rings. The average molecular weight is 166 g/mol. The molecular formula is C8H14N4. The molecule has 0 unspecified atom stereocenters. The van der Waals surface area contributed by atoms with Crippen molar-refractivity contribution in [3.05, 3.63) is 0 Å². The number of hydrogen-bond acceptors (Lipinski definition) is 2. The third kappa shape index (κ3) is 2.79. The standard InChI is InChI=1S/C8H14N4/c1-12(6-2-5-9)8(10)11-7-3-4-7/h7H,2-4,6H2,1H3,(H2,10,11). The smallest absolute Gasteiger partial charge is 0.191 e. The van der Waals surface area contributed by atoms with Crippen LogP contribution in [0.15, 0.2) is 4.99 Å². The largest absolute Gasteiger partial charge is 0.370 e. The Bertz CT molecular complexity index is 212. The van der Waals surface area contributed by atoms with Gasteiger partial charge in [0.15, 0.2) is 5.96 Å². The predicted octanol–water partition coefficient (Wildman–Crippen LogP) is 0.309. The minimum absolute atomic E-state index is 0.453. The maximum atomic E-state index is 8.33. The van der Waals surface area contributed by atoms with Crippen molar-refractivity contribution in [3.8, 4) is 6.07 Å².